The van der Waals surface area contributed by atoms with E-state index >= 15 is 0 Å². The number of ether oxygens (including phenoxy) is 1. The number of hydrogen-bond acceptors (Lipinski definition) is 1. The number of hydrogen-bond donors (Lipinski definition) is 0. The minimum absolute atomic E-state index is 0.0196. The second-order valence-corrected chi connectivity index (χ2v) is 11.7. The molecule has 0 radical (unpaired) electrons. The molecule has 226 valence electrons. The zero-order valence-corrected chi connectivity index (χ0v) is 24.7. The Kier molecular flexibility index (Phi) is 9.88. The van der Waals surface area contributed by atoms with E-state index in [1.165, 1.54) is 24.3 Å². The second-order valence-electron chi connectivity index (χ2n) is 11.3. The van der Waals surface area contributed by atoms with Crippen molar-refractivity contribution in [3.05, 3.63) is 118 Å². The third-order valence-electron chi connectivity index (χ3n) is 8.32. The average Bonchev–Trinajstić information content (AvgIpc) is 2.99. The van der Waals surface area contributed by atoms with E-state index in [-0.39, 0.29) is 16.5 Å². The molecule has 0 N–H and O–H groups in total. The lowest BCUT2D eigenvalue weighted by Crippen LogP contribution is -2.30. The van der Waals surface area contributed by atoms with E-state index in [9.17, 15) is 22.0 Å². The molecule has 0 aliphatic heterocycles. The van der Waals surface area contributed by atoms with E-state index in [0.717, 1.165) is 36.5 Å². The van der Waals surface area contributed by atoms with E-state index in [4.69, 9.17) is 16.3 Å². The third-order valence-corrected chi connectivity index (χ3v) is 8.63. The zero-order chi connectivity index (χ0) is 30.6. The molecule has 1 nitrogen and oxygen atoms in total. The van der Waals surface area contributed by atoms with Gasteiger partial charge in [-0.05, 0) is 103 Å². The van der Waals surface area contributed by atoms with Gasteiger partial charge >= 0.3 is 6.11 Å². The molecule has 0 heterocycles. The molecule has 1 aliphatic rings. The molecule has 0 bridgehead atoms. The van der Waals surface area contributed by atoms with Crippen molar-refractivity contribution in [2.45, 2.75) is 76.4 Å². The van der Waals surface area contributed by atoms with Crippen LogP contribution in [0.15, 0.2) is 78.9 Å². The summed E-state index contributed by atoms with van der Waals surface area (Å²) in [7, 11) is 0. The van der Waals surface area contributed by atoms with Crippen LogP contribution in [0.5, 0.6) is 0 Å². The Balaban J connectivity index is 1.18. The predicted octanol–water partition coefficient (Wildman–Crippen LogP) is 11.6. The van der Waals surface area contributed by atoms with E-state index in [2.05, 4.69) is 6.92 Å². The van der Waals surface area contributed by atoms with Gasteiger partial charge in [0.1, 0.15) is 17.5 Å². The summed E-state index contributed by atoms with van der Waals surface area (Å²) in [6, 6.07) is 20.7. The highest BCUT2D eigenvalue weighted by atomic mass is 35.5. The summed E-state index contributed by atoms with van der Waals surface area (Å²) < 4.78 is 78.4. The lowest BCUT2D eigenvalue weighted by Gasteiger charge is -2.31. The van der Waals surface area contributed by atoms with Crippen LogP contribution in [0.2, 0.25) is 5.02 Å². The summed E-state index contributed by atoms with van der Waals surface area (Å²) >= 11 is 5.74. The molecule has 0 unspecified atom stereocenters. The molecule has 0 amide bonds. The molecule has 0 spiro atoms. The highest BCUT2D eigenvalue weighted by Gasteiger charge is 2.40. The number of unbranched alkanes of at least 4 members (excludes halogenated alkanes) is 2. The Hall–Kier alpha value is -3.22. The van der Waals surface area contributed by atoms with Gasteiger partial charge < -0.3 is 4.74 Å². The van der Waals surface area contributed by atoms with Gasteiger partial charge in [-0.3, -0.25) is 0 Å². The summed E-state index contributed by atoms with van der Waals surface area (Å²) in [5, 5.41) is -0.0196. The first-order valence-electron chi connectivity index (χ1n) is 14.8. The molecule has 4 aromatic rings. The van der Waals surface area contributed by atoms with Crippen molar-refractivity contribution in [2.75, 3.05) is 0 Å². The van der Waals surface area contributed by atoms with Crippen molar-refractivity contribution in [3.63, 3.8) is 0 Å². The molecule has 1 aliphatic carbocycles. The molecule has 4 aromatic carbocycles. The van der Waals surface area contributed by atoms with Gasteiger partial charge in [-0.25, -0.2) is 13.2 Å². The van der Waals surface area contributed by atoms with Crippen LogP contribution in [-0.4, -0.2) is 6.10 Å². The molecule has 5 rings (SSSR count). The highest BCUT2D eigenvalue weighted by Crippen LogP contribution is 2.40. The van der Waals surface area contributed by atoms with Gasteiger partial charge in [-0.2, -0.15) is 8.78 Å². The van der Waals surface area contributed by atoms with Crippen molar-refractivity contribution < 1.29 is 26.7 Å². The smallest absolute Gasteiger partial charge is 0.313 e. The predicted molar refractivity (Wildman–Crippen MR) is 162 cm³/mol. The lowest BCUT2D eigenvalue weighted by atomic mass is 9.82. The van der Waals surface area contributed by atoms with Crippen LogP contribution in [0.1, 0.15) is 74.5 Å². The van der Waals surface area contributed by atoms with E-state index in [1.807, 2.05) is 24.3 Å². The zero-order valence-electron chi connectivity index (χ0n) is 24.0. The average molecular weight is 613 g/mol. The number of rotatable bonds is 10. The van der Waals surface area contributed by atoms with Gasteiger partial charge in [0.15, 0.2) is 0 Å². The summed E-state index contributed by atoms with van der Waals surface area (Å²) in [5.74, 6) is -1.83. The summed E-state index contributed by atoms with van der Waals surface area (Å²) in [4.78, 5) is 0. The van der Waals surface area contributed by atoms with Crippen molar-refractivity contribution >= 4 is 11.6 Å². The minimum Gasteiger partial charge on any atom is -0.313 e. The van der Waals surface area contributed by atoms with Gasteiger partial charge in [-0.1, -0.05) is 79.9 Å². The van der Waals surface area contributed by atoms with Crippen molar-refractivity contribution in [1.82, 2.24) is 0 Å². The number of halogens is 6. The van der Waals surface area contributed by atoms with Crippen LogP contribution in [0.3, 0.4) is 0 Å². The molecule has 0 aromatic heterocycles. The Morgan fingerprint density at radius 3 is 2.05 bits per heavy atom. The Bertz CT molecular complexity index is 1540. The van der Waals surface area contributed by atoms with E-state index in [0.29, 0.717) is 48.8 Å². The number of benzene rings is 4. The standard InChI is InChI=1S/C36H34ClF5O/c1-2-3-4-5-23-6-18-31(34(39)20-23)36(41,42)43-29-15-11-25(12-16-29)24-7-9-26(10-8-24)27-13-17-30(33(38)21-27)28-14-19-32(37)35(40)22-28/h6-10,13-14,17-22,25,29H,2-5,11-12,15-16H2,1H3. The molecule has 1 fully saturated rings. The van der Waals surface area contributed by atoms with Gasteiger partial charge in [0.25, 0.3) is 0 Å². The molecular weight excluding hydrogens is 579 g/mol. The molecule has 7 heteroatoms. The third kappa shape index (κ3) is 7.47. The van der Waals surface area contributed by atoms with E-state index < -0.39 is 35.2 Å². The van der Waals surface area contributed by atoms with Crippen LogP contribution in [-0.2, 0) is 17.3 Å². The van der Waals surface area contributed by atoms with Crippen LogP contribution in [0.25, 0.3) is 22.3 Å². The first kappa shape index (κ1) is 31.2. The Morgan fingerprint density at radius 2 is 1.40 bits per heavy atom. The number of alkyl halides is 2. The molecule has 43 heavy (non-hydrogen) atoms. The summed E-state index contributed by atoms with van der Waals surface area (Å²) in [6.45, 7) is 2.07. The SMILES string of the molecule is CCCCCc1ccc(C(F)(F)OC2CCC(c3ccc(-c4ccc(-c5ccc(Cl)c(F)c5)c(F)c4)cc3)CC2)c(F)c1. The summed E-state index contributed by atoms with van der Waals surface area (Å²) in [5.41, 5.74) is 3.27. The van der Waals surface area contributed by atoms with Gasteiger partial charge in [0.2, 0.25) is 0 Å². The lowest BCUT2D eigenvalue weighted by molar-refractivity contribution is -0.278. The van der Waals surface area contributed by atoms with E-state index in [1.54, 1.807) is 24.3 Å². The maximum Gasteiger partial charge on any atom is 0.386 e. The van der Waals surface area contributed by atoms with Crippen LogP contribution in [0.4, 0.5) is 22.0 Å². The van der Waals surface area contributed by atoms with Crippen LogP contribution < -0.4 is 0 Å². The molecule has 0 saturated heterocycles. The number of aryl methyl sites for hydroxylation is 1. The Labute approximate surface area is 254 Å². The fourth-order valence-electron chi connectivity index (χ4n) is 5.86. The van der Waals surface area contributed by atoms with Gasteiger partial charge in [0.05, 0.1) is 16.7 Å². The fourth-order valence-corrected chi connectivity index (χ4v) is 5.97. The first-order valence-corrected chi connectivity index (χ1v) is 15.2. The van der Waals surface area contributed by atoms with Gasteiger partial charge in [-0.15, -0.1) is 0 Å². The first-order chi connectivity index (χ1) is 20.6. The maximum absolute atomic E-state index is 14.9. The normalized spacial score (nSPS) is 17.3. The monoisotopic (exact) mass is 612 g/mol. The Morgan fingerprint density at radius 1 is 0.721 bits per heavy atom. The van der Waals surface area contributed by atoms with Crippen LogP contribution in [0, 0.1) is 17.5 Å². The van der Waals surface area contributed by atoms with Crippen molar-refractivity contribution in [1.29, 1.82) is 0 Å². The fraction of sp³-hybridized carbons (Fsp3) is 0.333. The second kappa shape index (κ2) is 13.6. The largest absolute Gasteiger partial charge is 0.386 e. The van der Waals surface area contributed by atoms with Gasteiger partial charge in [0, 0.05) is 5.56 Å². The van der Waals surface area contributed by atoms with Crippen LogP contribution >= 0.6 is 11.6 Å². The minimum atomic E-state index is -3.70. The highest BCUT2D eigenvalue weighted by molar-refractivity contribution is 6.30. The topological polar surface area (TPSA) is 9.23 Å². The quantitative estimate of drug-likeness (QED) is 0.128. The van der Waals surface area contributed by atoms with Crippen molar-refractivity contribution in [2.24, 2.45) is 0 Å². The molecule has 1 saturated carbocycles. The molecule has 0 atom stereocenters. The maximum atomic E-state index is 14.9. The van der Waals surface area contributed by atoms with Crippen molar-refractivity contribution in [3.8, 4) is 22.3 Å². The molecular formula is C36H34ClF5O. The summed E-state index contributed by atoms with van der Waals surface area (Å²) in [6.07, 6.45) is 1.47.